The van der Waals surface area contributed by atoms with Crippen LogP contribution in [0.3, 0.4) is 0 Å². The number of rotatable bonds is 2. The lowest BCUT2D eigenvalue weighted by molar-refractivity contribution is 0.220. The van der Waals surface area contributed by atoms with E-state index in [0.29, 0.717) is 17.5 Å². The number of furan rings is 1. The third kappa shape index (κ3) is 3.11. The van der Waals surface area contributed by atoms with Crippen molar-refractivity contribution in [1.29, 1.82) is 0 Å². The van der Waals surface area contributed by atoms with Gasteiger partial charge in [0.15, 0.2) is 0 Å². The summed E-state index contributed by atoms with van der Waals surface area (Å²) in [4.78, 5) is 0. The van der Waals surface area contributed by atoms with Crippen LogP contribution in [0, 0.1) is 12.3 Å². The maximum absolute atomic E-state index is 5.95. The van der Waals surface area contributed by atoms with Crippen molar-refractivity contribution < 1.29 is 4.42 Å². The van der Waals surface area contributed by atoms with E-state index in [1.165, 1.54) is 56.3 Å². The van der Waals surface area contributed by atoms with Gasteiger partial charge in [0, 0.05) is 24.1 Å². The number of hydrogen-bond donors (Lipinski definition) is 1. The Morgan fingerprint density at radius 1 is 1.15 bits per heavy atom. The van der Waals surface area contributed by atoms with Gasteiger partial charge in [-0.3, -0.25) is 0 Å². The van der Waals surface area contributed by atoms with Crippen LogP contribution in [0.5, 0.6) is 0 Å². The second-order valence-electron chi connectivity index (χ2n) is 7.69. The van der Waals surface area contributed by atoms with Crippen molar-refractivity contribution in [1.82, 2.24) is 5.32 Å². The van der Waals surface area contributed by atoms with E-state index in [1.54, 1.807) is 0 Å². The molecule has 0 radical (unpaired) electrons. The molecule has 0 bridgehead atoms. The Kier molecular flexibility index (Phi) is 3.94. The smallest absolute Gasteiger partial charge is 0.109 e. The lowest BCUT2D eigenvalue weighted by Crippen LogP contribution is -2.38. The molecule has 1 N–H and O–H groups in total. The van der Waals surface area contributed by atoms with Crippen molar-refractivity contribution in [2.75, 3.05) is 0 Å². The Labute approximate surface area is 123 Å². The van der Waals surface area contributed by atoms with Crippen LogP contribution in [0.2, 0.25) is 0 Å². The van der Waals surface area contributed by atoms with Gasteiger partial charge in [-0.1, -0.05) is 39.5 Å². The van der Waals surface area contributed by atoms with Crippen LogP contribution < -0.4 is 5.32 Å². The molecule has 3 rings (SSSR count). The average molecular weight is 275 g/mol. The molecular weight excluding hydrogens is 246 g/mol. The number of hydrogen-bond acceptors (Lipinski definition) is 2. The van der Waals surface area contributed by atoms with Gasteiger partial charge in [0.25, 0.3) is 0 Å². The van der Waals surface area contributed by atoms with Crippen molar-refractivity contribution in [2.24, 2.45) is 5.41 Å². The van der Waals surface area contributed by atoms with Crippen molar-refractivity contribution in [2.45, 2.75) is 84.2 Å². The van der Waals surface area contributed by atoms with Crippen molar-refractivity contribution >= 4 is 0 Å². The second kappa shape index (κ2) is 5.55. The minimum absolute atomic E-state index is 0.347. The molecule has 2 heteroatoms. The Hall–Kier alpha value is -0.760. The van der Waals surface area contributed by atoms with Gasteiger partial charge in [-0.25, -0.2) is 0 Å². The summed E-state index contributed by atoms with van der Waals surface area (Å²) in [5.74, 6) is 2.30. The highest BCUT2D eigenvalue weighted by molar-refractivity contribution is 5.29. The summed E-state index contributed by atoms with van der Waals surface area (Å²) in [6.07, 6.45) is 10.6. The molecule has 1 unspecified atom stereocenters. The van der Waals surface area contributed by atoms with Crippen molar-refractivity contribution in [3.8, 4) is 0 Å². The molecule has 1 saturated carbocycles. The van der Waals surface area contributed by atoms with Gasteiger partial charge in [-0.05, 0) is 37.7 Å². The summed E-state index contributed by atoms with van der Waals surface area (Å²) in [5.41, 5.74) is 1.78. The van der Waals surface area contributed by atoms with Gasteiger partial charge in [-0.15, -0.1) is 0 Å². The topological polar surface area (TPSA) is 25.2 Å². The van der Waals surface area contributed by atoms with Crippen LogP contribution in [-0.2, 0) is 6.42 Å². The van der Waals surface area contributed by atoms with E-state index < -0.39 is 0 Å². The minimum atomic E-state index is 0.347. The van der Waals surface area contributed by atoms with Crippen LogP contribution in [0.4, 0.5) is 0 Å². The van der Waals surface area contributed by atoms with Crippen LogP contribution in [-0.4, -0.2) is 6.04 Å². The maximum atomic E-state index is 5.95. The summed E-state index contributed by atoms with van der Waals surface area (Å²) >= 11 is 0. The number of aryl methyl sites for hydroxylation is 1. The molecule has 1 fully saturated rings. The molecule has 20 heavy (non-hydrogen) atoms. The molecule has 1 aromatic heterocycles. The molecule has 112 valence electrons. The van der Waals surface area contributed by atoms with Gasteiger partial charge in [0.1, 0.15) is 11.5 Å². The van der Waals surface area contributed by atoms with E-state index in [1.807, 2.05) is 0 Å². The lowest BCUT2D eigenvalue weighted by atomic mass is 9.74. The summed E-state index contributed by atoms with van der Waals surface area (Å²) in [7, 11) is 0. The minimum Gasteiger partial charge on any atom is -0.466 e. The molecule has 0 amide bonds. The third-order valence-corrected chi connectivity index (χ3v) is 5.03. The second-order valence-corrected chi connectivity index (χ2v) is 7.69. The Morgan fingerprint density at radius 3 is 2.55 bits per heavy atom. The molecule has 1 heterocycles. The fourth-order valence-electron chi connectivity index (χ4n) is 4.06. The van der Waals surface area contributed by atoms with Crippen molar-refractivity contribution in [3.05, 3.63) is 23.2 Å². The highest BCUT2D eigenvalue weighted by Gasteiger charge is 2.35. The summed E-state index contributed by atoms with van der Waals surface area (Å²) in [5, 5.41) is 3.96. The van der Waals surface area contributed by atoms with Crippen LogP contribution in [0.15, 0.2) is 10.5 Å². The molecule has 0 spiro atoms. The molecule has 0 aromatic carbocycles. The predicted molar refractivity (Wildman–Crippen MR) is 82.9 cm³/mol. The fourth-order valence-corrected chi connectivity index (χ4v) is 4.06. The molecule has 2 aliphatic carbocycles. The zero-order valence-electron chi connectivity index (χ0n) is 13.3. The first kappa shape index (κ1) is 14.2. The Balaban J connectivity index is 1.77. The fraction of sp³-hybridized carbons (Fsp3) is 0.778. The third-order valence-electron chi connectivity index (χ3n) is 5.03. The predicted octanol–water partition coefficient (Wildman–Crippen LogP) is 4.91. The van der Waals surface area contributed by atoms with E-state index in [4.69, 9.17) is 4.42 Å². The largest absolute Gasteiger partial charge is 0.466 e. The highest BCUT2D eigenvalue weighted by Crippen LogP contribution is 2.42. The maximum Gasteiger partial charge on any atom is 0.109 e. The molecular formula is C18H29NO. The van der Waals surface area contributed by atoms with E-state index in [-0.39, 0.29) is 0 Å². The first-order valence-corrected chi connectivity index (χ1v) is 8.39. The first-order valence-electron chi connectivity index (χ1n) is 8.39. The van der Waals surface area contributed by atoms with Gasteiger partial charge in [-0.2, -0.15) is 0 Å². The summed E-state index contributed by atoms with van der Waals surface area (Å²) < 4.78 is 5.95. The highest BCUT2D eigenvalue weighted by atomic mass is 16.3. The zero-order chi connectivity index (χ0) is 14.2. The number of fused-ring (bicyclic) bond motifs is 1. The van der Waals surface area contributed by atoms with E-state index in [2.05, 4.69) is 32.2 Å². The quantitative estimate of drug-likeness (QED) is 0.775. The van der Waals surface area contributed by atoms with E-state index in [0.717, 1.165) is 12.2 Å². The monoisotopic (exact) mass is 275 g/mol. The SMILES string of the molecule is Cc1cc2c(o1)CC(C)(C)CC2NC1CCCCCC1. The molecule has 1 atom stereocenters. The van der Waals surface area contributed by atoms with Crippen LogP contribution >= 0.6 is 0 Å². The van der Waals surface area contributed by atoms with E-state index >= 15 is 0 Å². The number of nitrogens with one attached hydrogen (secondary N) is 1. The van der Waals surface area contributed by atoms with Gasteiger partial charge in [0.2, 0.25) is 0 Å². The van der Waals surface area contributed by atoms with Gasteiger partial charge < -0.3 is 9.73 Å². The molecule has 0 aliphatic heterocycles. The summed E-state index contributed by atoms with van der Waals surface area (Å²) in [6.45, 7) is 6.82. The van der Waals surface area contributed by atoms with Crippen molar-refractivity contribution in [3.63, 3.8) is 0 Å². The van der Waals surface area contributed by atoms with Gasteiger partial charge >= 0.3 is 0 Å². The van der Waals surface area contributed by atoms with Crippen LogP contribution in [0.25, 0.3) is 0 Å². The molecule has 1 aromatic rings. The van der Waals surface area contributed by atoms with Crippen LogP contribution in [0.1, 0.15) is 81.9 Å². The normalized spacial score (nSPS) is 27.1. The Bertz CT molecular complexity index is 452. The zero-order valence-corrected chi connectivity index (χ0v) is 13.3. The van der Waals surface area contributed by atoms with Gasteiger partial charge in [0.05, 0.1) is 0 Å². The Morgan fingerprint density at radius 2 is 1.85 bits per heavy atom. The molecule has 0 saturated heterocycles. The lowest BCUT2D eigenvalue weighted by Gasteiger charge is -2.36. The standard InChI is InChI=1S/C18H29NO/c1-13-10-15-16(11-18(2,3)12-17(15)20-13)19-14-8-6-4-5-7-9-14/h10,14,16,19H,4-9,11-12H2,1-3H3. The average Bonchev–Trinajstić information content (AvgIpc) is 2.58. The molecule has 2 aliphatic rings. The first-order chi connectivity index (χ1) is 9.53. The van der Waals surface area contributed by atoms with E-state index in [9.17, 15) is 0 Å². The molecule has 2 nitrogen and oxygen atoms in total. The summed E-state index contributed by atoms with van der Waals surface area (Å²) in [6, 6.07) is 3.47.